The molecule has 6 rings (SSSR count). The van der Waals surface area contributed by atoms with Crippen molar-refractivity contribution in [2.45, 2.75) is 18.6 Å². The molecule has 2 fully saturated rings. The minimum atomic E-state index is -2.15. The molecule has 2 aliphatic heterocycles. The van der Waals surface area contributed by atoms with Crippen molar-refractivity contribution >= 4 is 52.3 Å². The number of hydrogen-bond donors (Lipinski definition) is 0. The summed E-state index contributed by atoms with van der Waals surface area (Å²) in [7, 11) is 0. The van der Waals surface area contributed by atoms with E-state index in [1.54, 1.807) is 42.5 Å². The van der Waals surface area contributed by atoms with Gasteiger partial charge in [0.15, 0.2) is 0 Å². The maximum atomic E-state index is 13.9. The first kappa shape index (κ1) is 22.2. The molecule has 0 bridgehead atoms. The average molecular weight is 506 g/mol. The first-order chi connectivity index (χ1) is 16.8. The van der Waals surface area contributed by atoms with E-state index < -0.39 is 46.9 Å². The number of fused-ring (bicyclic) bond motifs is 3. The molecule has 1 spiro atoms. The smallest absolute Gasteiger partial charge is 0.241 e. The van der Waals surface area contributed by atoms with Crippen molar-refractivity contribution < 1.29 is 23.9 Å². The van der Waals surface area contributed by atoms with Crippen LogP contribution in [0, 0.1) is 18.8 Å². The van der Waals surface area contributed by atoms with Gasteiger partial charge in [-0.15, -0.1) is 0 Å². The SMILES string of the molecule is Cc1cccc(N2C(=O)[C@H]3[C@@H](C2=O)C2(O[C@H]3c3ccc(Cl)cc3Cl)C(=O)c3ccccc3C2=O)c1. The number of ketones is 2. The number of amides is 2. The van der Waals surface area contributed by atoms with Gasteiger partial charge in [0.2, 0.25) is 29.0 Å². The van der Waals surface area contributed by atoms with Crippen molar-refractivity contribution in [1.29, 1.82) is 0 Å². The van der Waals surface area contributed by atoms with Crippen LogP contribution in [0.4, 0.5) is 5.69 Å². The summed E-state index contributed by atoms with van der Waals surface area (Å²) < 4.78 is 6.24. The Morgan fingerprint density at radius 3 is 2.14 bits per heavy atom. The van der Waals surface area contributed by atoms with Gasteiger partial charge in [0, 0.05) is 26.7 Å². The minimum Gasteiger partial charge on any atom is -0.349 e. The summed E-state index contributed by atoms with van der Waals surface area (Å²) in [6.07, 6.45) is -1.10. The molecule has 0 aromatic heterocycles. The molecule has 35 heavy (non-hydrogen) atoms. The molecule has 2 saturated heterocycles. The number of imide groups is 1. The molecule has 0 N–H and O–H groups in total. The molecular weight excluding hydrogens is 489 g/mol. The van der Waals surface area contributed by atoms with Gasteiger partial charge < -0.3 is 4.74 Å². The van der Waals surface area contributed by atoms with Crippen molar-refractivity contribution in [1.82, 2.24) is 0 Å². The Hall–Kier alpha value is -3.32. The lowest BCUT2D eigenvalue weighted by Gasteiger charge is -2.27. The molecule has 6 nitrogen and oxygen atoms in total. The number of ether oxygens (including phenoxy) is 1. The third-order valence-electron chi connectivity index (χ3n) is 7.05. The maximum absolute atomic E-state index is 13.9. The molecule has 3 atom stereocenters. The zero-order valence-electron chi connectivity index (χ0n) is 18.3. The first-order valence-electron chi connectivity index (χ1n) is 11.0. The van der Waals surface area contributed by atoms with Gasteiger partial charge in [-0.25, -0.2) is 4.90 Å². The van der Waals surface area contributed by atoms with Gasteiger partial charge in [0.25, 0.3) is 0 Å². The molecule has 1 aliphatic carbocycles. The molecule has 2 amide bonds. The Balaban J connectivity index is 1.57. The van der Waals surface area contributed by atoms with E-state index in [0.29, 0.717) is 16.3 Å². The predicted molar refractivity (Wildman–Crippen MR) is 129 cm³/mol. The quantitative estimate of drug-likeness (QED) is 0.361. The zero-order chi connectivity index (χ0) is 24.6. The highest BCUT2D eigenvalue weighted by Crippen LogP contribution is 2.58. The highest BCUT2D eigenvalue weighted by Gasteiger charge is 2.74. The molecule has 3 aromatic carbocycles. The van der Waals surface area contributed by atoms with Gasteiger partial charge in [-0.2, -0.15) is 0 Å². The fourth-order valence-corrected chi connectivity index (χ4v) is 6.07. The topological polar surface area (TPSA) is 80.8 Å². The summed E-state index contributed by atoms with van der Waals surface area (Å²) in [6, 6.07) is 18.0. The lowest BCUT2D eigenvalue weighted by molar-refractivity contribution is -0.127. The van der Waals surface area contributed by atoms with Crippen LogP contribution in [-0.2, 0) is 14.3 Å². The zero-order valence-corrected chi connectivity index (χ0v) is 19.8. The van der Waals surface area contributed by atoms with Crippen molar-refractivity contribution in [2.75, 3.05) is 4.90 Å². The third kappa shape index (κ3) is 2.88. The average Bonchev–Trinajstić information content (AvgIpc) is 3.39. The van der Waals surface area contributed by atoms with E-state index in [1.165, 1.54) is 18.2 Å². The Morgan fingerprint density at radius 1 is 0.829 bits per heavy atom. The van der Waals surface area contributed by atoms with E-state index in [2.05, 4.69) is 0 Å². The van der Waals surface area contributed by atoms with Crippen molar-refractivity contribution in [3.8, 4) is 0 Å². The number of benzene rings is 3. The lowest BCUT2D eigenvalue weighted by atomic mass is 9.77. The number of nitrogens with zero attached hydrogens (tertiary/aromatic N) is 1. The number of carbonyl (C=O) groups excluding carboxylic acids is 4. The Morgan fingerprint density at radius 2 is 1.51 bits per heavy atom. The summed E-state index contributed by atoms with van der Waals surface area (Å²) in [4.78, 5) is 56.3. The second-order valence-electron chi connectivity index (χ2n) is 9.00. The number of Topliss-reactive ketones (excluding diaryl/α,β-unsaturated/α-hetero) is 2. The van der Waals surface area contributed by atoms with E-state index in [9.17, 15) is 19.2 Å². The van der Waals surface area contributed by atoms with Crippen LogP contribution in [0.15, 0.2) is 66.7 Å². The molecule has 174 valence electrons. The molecule has 8 heteroatoms. The number of aryl methyl sites for hydroxylation is 1. The summed E-state index contributed by atoms with van der Waals surface area (Å²) in [5.41, 5.74) is -0.189. The van der Waals surface area contributed by atoms with Gasteiger partial charge in [-0.1, -0.05) is 65.7 Å². The van der Waals surface area contributed by atoms with Crippen LogP contribution in [0.25, 0.3) is 0 Å². The first-order valence-corrected chi connectivity index (χ1v) is 11.8. The molecule has 2 heterocycles. The highest BCUT2D eigenvalue weighted by atomic mass is 35.5. The monoisotopic (exact) mass is 505 g/mol. The number of hydrogen-bond acceptors (Lipinski definition) is 5. The second-order valence-corrected chi connectivity index (χ2v) is 9.84. The fourth-order valence-electron chi connectivity index (χ4n) is 5.55. The summed E-state index contributed by atoms with van der Waals surface area (Å²) in [6.45, 7) is 1.84. The number of carbonyl (C=O) groups is 4. The molecule has 0 unspecified atom stereocenters. The molecule has 3 aromatic rings. The van der Waals surface area contributed by atoms with Gasteiger partial charge in [-0.3, -0.25) is 19.2 Å². The highest BCUT2D eigenvalue weighted by molar-refractivity contribution is 6.37. The van der Waals surface area contributed by atoms with Gasteiger partial charge in [0.05, 0.1) is 23.6 Å². The van der Waals surface area contributed by atoms with E-state index in [-0.39, 0.29) is 16.1 Å². The number of halogens is 2. The maximum Gasteiger partial charge on any atom is 0.241 e. The Bertz CT molecular complexity index is 1450. The van der Waals surface area contributed by atoms with Gasteiger partial charge >= 0.3 is 0 Å². The van der Waals surface area contributed by atoms with Gasteiger partial charge in [0.1, 0.15) is 0 Å². The fraction of sp³-hybridized carbons (Fsp3) is 0.185. The normalized spacial score (nSPS) is 24.4. The Kier molecular flexibility index (Phi) is 4.81. The van der Waals surface area contributed by atoms with Crippen LogP contribution in [0.1, 0.15) is 37.9 Å². The van der Waals surface area contributed by atoms with Crippen LogP contribution in [0.5, 0.6) is 0 Å². The largest absolute Gasteiger partial charge is 0.349 e. The van der Waals surface area contributed by atoms with E-state index >= 15 is 0 Å². The summed E-state index contributed by atoms with van der Waals surface area (Å²) in [5.74, 6) is -4.88. The van der Waals surface area contributed by atoms with Crippen molar-refractivity contribution in [3.63, 3.8) is 0 Å². The number of anilines is 1. The lowest BCUT2D eigenvalue weighted by Crippen LogP contribution is -2.51. The van der Waals surface area contributed by atoms with E-state index in [1.807, 2.05) is 13.0 Å². The van der Waals surface area contributed by atoms with Crippen LogP contribution >= 0.6 is 23.2 Å². The molecule has 3 aliphatic rings. The van der Waals surface area contributed by atoms with Gasteiger partial charge in [-0.05, 0) is 36.8 Å². The second kappa shape index (κ2) is 7.59. The third-order valence-corrected chi connectivity index (χ3v) is 7.61. The van der Waals surface area contributed by atoms with Crippen LogP contribution in [0.2, 0.25) is 10.0 Å². The molecule has 0 radical (unpaired) electrons. The Labute approximate surface area is 210 Å². The van der Waals surface area contributed by atoms with E-state index in [4.69, 9.17) is 27.9 Å². The standard InChI is InChI=1S/C27H17Cl2NO5/c1-13-5-4-6-15(11-13)30-25(33)20-21(26(30)34)27(23(31)16-7-2-3-8-17(16)24(27)32)35-22(20)18-10-9-14(28)12-19(18)29/h2-12,20-22H,1H3/t20-,21-,22-/m0/s1. The summed E-state index contributed by atoms with van der Waals surface area (Å²) >= 11 is 12.5. The predicted octanol–water partition coefficient (Wildman–Crippen LogP) is 5.00. The van der Waals surface area contributed by atoms with Crippen LogP contribution in [0.3, 0.4) is 0 Å². The molecule has 0 saturated carbocycles. The van der Waals surface area contributed by atoms with Crippen LogP contribution < -0.4 is 4.90 Å². The van der Waals surface area contributed by atoms with Crippen molar-refractivity contribution in [2.24, 2.45) is 11.8 Å². The molecular formula is C27H17Cl2NO5. The van der Waals surface area contributed by atoms with Crippen molar-refractivity contribution in [3.05, 3.63) is 99.0 Å². The number of rotatable bonds is 2. The van der Waals surface area contributed by atoms with E-state index in [0.717, 1.165) is 10.5 Å². The van der Waals surface area contributed by atoms with Crippen LogP contribution in [-0.4, -0.2) is 29.0 Å². The summed E-state index contributed by atoms with van der Waals surface area (Å²) in [5, 5.41) is 0.585. The minimum absolute atomic E-state index is 0.174.